The Kier molecular flexibility index (Phi) is 11.6. The van der Waals surface area contributed by atoms with Crippen molar-refractivity contribution in [2.24, 2.45) is 10.7 Å². The number of nitrogens with one attached hydrogen (secondary N) is 2. The minimum Gasteiger partial charge on any atom is -0.467 e. The van der Waals surface area contributed by atoms with Crippen molar-refractivity contribution in [3.63, 3.8) is 0 Å². The molecule has 3 rings (SSSR count). The van der Waals surface area contributed by atoms with Gasteiger partial charge in [-0.2, -0.15) is 10.3 Å². The van der Waals surface area contributed by atoms with Gasteiger partial charge >= 0.3 is 5.97 Å². The second-order valence-electron chi connectivity index (χ2n) is 9.07. The van der Waals surface area contributed by atoms with E-state index >= 15 is 0 Å². The van der Waals surface area contributed by atoms with E-state index in [1.54, 1.807) is 42.6 Å². The van der Waals surface area contributed by atoms with Crippen LogP contribution in [-0.2, 0) is 20.7 Å². The van der Waals surface area contributed by atoms with Gasteiger partial charge in [0.15, 0.2) is 5.78 Å². The molecule has 0 saturated carbocycles. The SMILES string of the molecule is COC(=O)[C@H](CCC(=O)CNC(=O)c1cccc(CC(N)=NC#N)c1)NC(=O)c1c(Cl)cc(-c2ccccc2)cc1Cl. The molecule has 0 radical (unpaired) electrons. The number of carbonyl (C=O) groups excluding carboxylic acids is 4. The lowest BCUT2D eigenvalue weighted by molar-refractivity contribution is -0.143. The number of ether oxygens (including phenoxy) is 1. The van der Waals surface area contributed by atoms with Crippen LogP contribution >= 0.6 is 23.2 Å². The van der Waals surface area contributed by atoms with Crippen molar-refractivity contribution >= 4 is 52.6 Å². The molecular formula is C30H27Cl2N5O5. The van der Waals surface area contributed by atoms with Crippen LogP contribution in [0.3, 0.4) is 0 Å². The summed E-state index contributed by atoms with van der Waals surface area (Å²) in [6.45, 7) is -0.304. The fourth-order valence-corrected chi connectivity index (χ4v) is 4.68. The van der Waals surface area contributed by atoms with Crippen molar-refractivity contribution in [1.29, 1.82) is 5.26 Å². The van der Waals surface area contributed by atoms with Gasteiger partial charge in [-0.3, -0.25) is 14.4 Å². The maximum atomic E-state index is 13.1. The molecule has 216 valence electrons. The van der Waals surface area contributed by atoms with E-state index in [-0.39, 0.29) is 58.6 Å². The average Bonchev–Trinajstić information content (AvgIpc) is 2.97. The van der Waals surface area contributed by atoms with Crippen molar-refractivity contribution in [3.05, 3.63) is 93.5 Å². The number of benzene rings is 3. The summed E-state index contributed by atoms with van der Waals surface area (Å²) in [6, 6.07) is 17.9. The number of carbonyl (C=O) groups is 4. The quantitative estimate of drug-likeness (QED) is 0.121. The van der Waals surface area contributed by atoms with Crippen LogP contribution in [0.1, 0.15) is 39.1 Å². The van der Waals surface area contributed by atoms with Crippen LogP contribution in [-0.4, -0.2) is 49.1 Å². The van der Waals surface area contributed by atoms with Gasteiger partial charge in [-0.1, -0.05) is 65.7 Å². The van der Waals surface area contributed by atoms with E-state index in [1.165, 1.54) is 0 Å². The molecule has 42 heavy (non-hydrogen) atoms. The van der Waals surface area contributed by atoms with E-state index in [0.29, 0.717) is 11.1 Å². The number of Topliss-reactive ketones (excluding diaryl/α,β-unsaturated/α-hetero) is 1. The summed E-state index contributed by atoms with van der Waals surface area (Å²) in [5.74, 6) is -2.24. The predicted octanol–water partition coefficient (Wildman–Crippen LogP) is 4.09. The van der Waals surface area contributed by atoms with Crippen molar-refractivity contribution in [1.82, 2.24) is 10.6 Å². The average molecular weight is 608 g/mol. The number of amidine groups is 1. The van der Waals surface area contributed by atoms with Crippen LogP contribution in [0.2, 0.25) is 10.0 Å². The number of nitrogens with two attached hydrogens (primary N) is 1. The highest BCUT2D eigenvalue weighted by atomic mass is 35.5. The molecule has 0 spiro atoms. The van der Waals surface area contributed by atoms with E-state index in [0.717, 1.165) is 12.7 Å². The molecule has 0 fully saturated rings. The van der Waals surface area contributed by atoms with Crippen molar-refractivity contribution < 1.29 is 23.9 Å². The molecule has 0 saturated heterocycles. The molecule has 0 aromatic heterocycles. The number of aliphatic imine (C=N–C) groups is 1. The Bertz CT molecular complexity index is 1530. The van der Waals surface area contributed by atoms with Gasteiger partial charge in [0, 0.05) is 18.4 Å². The Balaban J connectivity index is 1.60. The fraction of sp³-hybridized carbons (Fsp3) is 0.200. The highest BCUT2D eigenvalue weighted by Gasteiger charge is 2.26. The second kappa shape index (κ2) is 15.3. The number of hydrogen-bond donors (Lipinski definition) is 3. The number of halogens is 2. The molecular weight excluding hydrogens is 581 g/mol. The summed E-state index contributed by atoms with van der Waals surface area (Å²) < 4.78 is 4.79. The molecule has 0 bridgehead atoms. The van der Waals surface area contributed by atoms with Gasteiger partial charge < -0.3 is 21.1 Å². The Morgan fingerprint density at radius 1 is 0.976 bits per heavy atom. The number of rotatable bonds is 12. The van der Waals surface area contributed by atoms with Crippen molar-refractivity contribution in [2.75, 3.05) is 13.7 Å². The number of methoxy groups -OCH3 is 1. The molecule has 0 heterocycles. The van der Waals surface area contributed by atoms with Crippen LogP contribution in [0, 0.1) is 11.5 Å². The molecule has 0 aliphatic rings. The monoisotopic (exact) mass is 607 g/mol. The second-order valence-corrected chi connectivity index (χ2v) is 9.88. The van der Waals surface area contributed by atoms with Crippen LogP contribution in [0.15, 0.2) is 71.7 Å². The van der Waals surface area contributed by atoms with Gasteiger partial charge in [0.25, 0.3) is 11.8 Å². The van der Waals surface area contributed by atoms with Crippen molar-refractivity contribution in [3.8, 4) is 17.3 Å². The van der Waals surface area contributed by atoms with Gasteiger partial charge in [-0.25, -0.2) is 4.79 Å². The Hall–Kier alpha value is -4.72. The molecule has 12 heteroatoms. The third-order valence-electron chi connectivity index (χ3n) is 6.09. The first-order valence-corrected chi connectivity index (χ1v) is 13.4. The Labute approximate surface area is 252 Å². The first kappa shape index (κ1) is 31.8. The number of amides is 2. The normalized spacial score (nSPS) is 11.6. The van der Waals surface area contributed by atoms with E-state index in [1.807, 2.05) is 30.3 Å². The van der Waals surface area contributed by atoms with Crippen LogP contribution in [0.25, 0.3) is 11.1 Å². The standard InChI is InChI=1S/C30H27Cl2N5O5/c1-42-30(41)25(37-29(40)27-23(31)14-21(15-24(27)32)19-7-3-2-4-8-19)11-10-22(38)16-35-28(39)20-9-5-6-18(12-20)13-26(34)36-17-33/h2-9,12,14-15,25H,10-11,13,16H2,1H3,(H2,34,36)(H,35,39)(H,37,40)/t25-/m0/s1. The van der Waals surface area contributed by atoms with Crippen LogP contribution < -0.4 is 16.4 Å². The Morgan fingerprint density at radius 2 is 1.67 bits per heavy atom. The van der Waals surface area contributed by atoms with E-state index in [2.05, 4.69) is 15.6 Å². The van der Waals surface area contributed by atoms with Crippen LogP contribution in [0.4, 0.5) is 0 Å². The summed E-state index contributed by atoms with van der Waals surface area (Å²) in [5.41, 5.74) is 8.14. The third kappa shape index (κ3) is 8.89. The minimum absolute atomic E-state index is 0.0200. The Morgan fingerprint density at radius 3 is 2.31 bits per heavy atom. The zero-order valence-electron chi connectivity index (χ0n) is 22.5. The van der Waals surface area contributed by atoms with Gasteiger partial charge in [-0.15, -0.1) is 0 Å². The lowest BCUT2D eigenvalue weighted by atomic mass is 10.0. The zero-order chi connectivity index (χ0) is 30.6. The van der Waals surface area contributed by atoms with E-state index < -0.39 is 23.8 Å². The van der Waals surface area contributed by atoms with Gasteiger partial charge in [0.05, 0.1) is 29.3 Å². The molecule has 0 aliphatic carbocycles. The van der Waals surface area contributed by atoms with Crippen molar-refractivity contribution in [2.45, 2.75) is 25.3 Å². The highest BCUT2D eigenvalue weighted by molar-refractivity contribution is 6.40. The van der Waals surface area contributed by atoms with Gasteiger partial charge in [0.1, 0.15) is 11.9 Å². The molecule has 1 atom stereocenters. The van der Waals surface area contributed by atoms with E-state index in [4.69, 9.17) is 38.9 Å². The maximum absolute atomic E-state index is 13.1. The first-order valence-electron chi connectivity index (χ1n) is 12.7. The molecule has 3 aromatic carbocycles. The summed E-state index contributed by atoms with van der Waals surface area (Å²) in [7, 11) is 1.16. The number of esters is 1. The minimum atomic E-state index is -1.17. The number of hydrogen-bond acceptors (Lipinski definition) is 7. The largest absolute Gasteiger partial charge is 0.467 e. The highest BCUT2D eigenvalue weighted by Crippen LogP contribution is 2.32. The molecule has 4 N–H and O–H groups in total. The lowest BCUT2D eigenvalue weighted by Gasteiger charge is -2.18. The van der Waals surface area contributed by atoms with Gasteiger partial charge in [0.2, 0.25) is 6.19 Å². The number of nitriles is 1. The topological polar surface area (TPSA) is 164 Å². The van der Waals surface area contributed by atoms with E-state index in [9.17, 15) is 19.2 Å². The van der Waals surface area contributed by atoms with Gasteiger partial charge in [-0.05, 0) is 47.4 Å². The molecule has 2 amide bonds. The lowest BCUT2D eigenvalue weighted by Crippen LogP contribution is -2.42. The fourth-order valence-electron chi connectivity index (χ4n) is 4.02. The summed E-state index contributed by atoms with van der Waals surface area (Å²) in [5, 5.41) is 13.8. The summed E-state index contributed by atoms with van der Waals surface area (Å²) in [4.78, 5) is 54.0. The summed E-state index contributed by atoms with van der Waals surface area (Å²) in [6.07, 6.45) is 1.56. The molecule has 0 aliphatic heterocycles. The first-order chi connectivity index (χ1) is 20.1. The number of ketones is 1. The number of nitrogens with zero attached hydrogens (tertiary/aromatic N) is 2. The molecule has 10 nitrogen and oxygen atoms in total. The van der Waals surface area contributed by atoms with Crippen LogP contribution in [0.5, 0.6) is 0 Å². The summed E-state index contributed by atoms with van der Waals surface area (Å²) >= 11 is 12.8. The predicted molar refractivity (Wildman–Crippen MR) is 159 cm³/mol. The maximum Gasteiger partial charge on any atom is 0.328 e. The third-order valence-corrected chi connectivity index (χ3v) is 6.69. The zero-order valence-corrected chi connectivity index (χ0v) is 24.0. The molecule has 3 aromatic rings. The smallest absolute Gasteiger partial charge is 0.328 e. The molecule has 0 unspecified atom stereocenters.